The van der Waals surface area contributed by atoms with Gasteiger partial charge in [0, 0.05) is 43.2 Å². The van der Waals surface area contributed by atoms with Gasteiger partial charge in [-0.25, -0.2) is 0 Å². The third-order valence-corrected chi connectivity index (χ3v) is 3.61. The molecule has 1 aliphatic rings. The molecular formula is C11H13N3O3S. The second kappa shape index (κ2) is 5.74. The van der Waals surface area contributed by atoms with E-state index in [4.69, 9.17) is 0 Å². The highest BCUT2D eigenvalue weighted by Gasteiger charge is 2.13. The van der Waals surface area contributed by atoms with E-state index in [-0.39, 0.29) is 10.9 Å². The molecule has 0 radical (unpaired) electrons. The smallest absolute Gasteiger partial charge is 0.324 e. The number of carbonyl (C=O) groups excluding carboxylic acids is 1. The zero-order chi connectivity index (χ0) is 13.0. The topological polar surface area (TPSA) is 75.5 Å². The molecule has 2 heterocycles. The lowest BCUT2D eigenvalue weighted by Crippen LogP contribution is -2.45. The maximum absolute atomic E-state index is 11.8. The fraction of sp³-hybridized carbons (Fsp3) is 0.364. The molecule has 1 amide bonds. The Morgan fingerprint density at radius 2 is 2.17 bits per heavy atom. The van der Waals surface area contributed by atoms with Crippen molar-refractivity contribution in [3.05, 3.63) is 33.2 Å². The summed E-state index contributed by atoms with van der Waals surface area (Å²) in [6.45, 7) is 3.02. The normalized spacial score (nSPS) is 16.1. The van der Waals surface area contributed by atoms with E-state index in [9.17, 15) is 14.9 Å². The third-order valence-electron chi connectivity index (χ3n) is 2.61. The molecule has 18 heavy (non-hydrogen) atoms. The van der Waals surface area contributed by atoms with Gasteiger partial charge < -0.3 is 10.2 Å². The van der Waals surface area contributed by atoms with Gasteiger partial charge in [-0.05, 0) is 12.1 Å². The maximum atomic E-state index is 11.8. The number of nitrogens with zero attached hydrogens (tertiary/aromatic N) is 2. The molecule has 1 aromatic heterocycles. The zero-order valence-corrected chi connectivity index (χ0v) is 10.5. The van der Waals surface area contributed by atoms with E-state index in [2.05, 4.69) is 5.32 Å². The van der Waals surface area contributed by atoms with E-state index >= 15 is 0 Å². The highest BCUT2D eigenvalue weighted by atomic mass is 32.1. The second-order valence-electron chi connectivity index (χ2n) is 3.84. The second-order valence-corrected chi connectivity index (χ2v) is 4.94. The molecule has 0 aliphatic carbocycles. The highest BCUT2D eigenvalue weighted by Crippen LogP contribution is 2.24. The molecule has 0 spiro atoms. The first-order chi connectivity index (χ1) is 8.66. The number of hydrogen-bond donors (Lipinski definition) is 1. The van der Waals surface area contributed by atoms with Crippen LogP contribution in [-0.4, -0.2) is 41.9 Å². The van der Waals surface area contributed by atoms with E-state index in [1.165, 1.54) is 12.1 Å². The largest absolute Gasteiger partial charge is 0.337 e. The third kappa shape index (κ3) is 3.14. The summed E-state index contributed by atoms with van der Waals surface area (Å²) in [5.74, 6) is -0.0486. The summed E-state index contributed by atoms with van der Waals surface area (Å²) in [4.78, 5) is 24.3. The number of rotatable bonds is 3. The van der Waals surface area contributed by atoms with Crippen LogP contribution in [0.25, 0.3) is 6.08 Å². The van der Waals surface area contributed by atoms with Crippen LogP contribution in [0.2, 0.25) is 0 Å². The summed E-state index contributed by atoms with van der Waals surface area (Å²) in [7, 11) is 0. The van der Waals surface area contributed by atoms with Crippen LogP contribution in [0.1, 0.15) is 4.88 Å². The lowest BCUT2D eigenvalue weighted by molar-refractivity contribution is -0.380. The Bertz CT molecular complexity index is 478. The van der Waals surface area contributed by atoms with Crippen LogP contribution in [0.4, 0.5) is 5.00 Å². The first-order valence-corrected chi connectivity index (χ1v) is 6.40. The number of thiophene rings is 1. The fourth-order valence-corrected chi connectivity index (χ4v) is 2.40. The molecule has 1 aliphatic heterocycles. The molecule has 0 atom stereocenters. The van der Waals surface area contributed by atoms with E-state index in [0.717, 1.165) is 24.4 Å². The van der Waals surface area contributed by atoms with Gasteiger partial charge in [0.15, 0.2) is 0 Å². The first-order valence-electron chi connectivity index (χ1n) is 5.59. The molecule has 7 heteroatoms. The maximum Gasteiger partial charge on any atom is 0.324 e. The Balaban J connectivity index is 1.96. The first kappa shape index (κ1) is 12.7. The molecule has 96 valence electrons. The lowest BCUT2D eigenvalue weighted by Gasteiger charge is -2.26. The summed E-state index contributed by atoms with van der Waals surface area (Å²) >= 11 is 1.06. The Kier molecular flexibility index (Phi) is 4.06. The minimum atomic E-state index is -0.430. The van der Waals surface area contributed by atoms with E-state index < -0.39 is 4.92 Å². The van der Waals surface area contributed by atoms with Crippen LogP contribution in [0, 0.1) is 10.1 Å². The monoisotopic (exact) mass is 267 g/mol. The van der Waals surface area contributed by atoms with Crippen molar-refractivity contribution in [3.8, 4) is 0 Å². The number of nitro groups is 1. The summed E-state index contributed by atoms with van der Waals surface area (Å²) in [5.41, 5.74) is 0. The standard InChI is InChI=1S/C11H13N3O3S/c15-10(13-7-5-12-6-8-13)3-1-9-2-4-11(18-9)14(16)17/h1-4,12H,5-8H2. The average Bonchev–Trinajstić information content (AvgIpc) is 2.86. The van der Waals surface area contributed by atoms with Crippen LogP contribution in [0.3, 0.4) is 0 Å². The van der Waals surface area contributed by atoms with Crippen LogP contribution in [0.5, 0.6) is 0 Å². The van der Waals surface area contributed by atoms with Gasteiger partial charge in [-0.15, -0.1) is 0 Å². The van der Waals surface area contributed by atoms with Crippen LogP contribution in [0.15, 0.2) is 18.2 Å². The molecule has 0 bridgehead atoms. The molecule has 1 aromatic rings. The average molecular weight is 267 g/mol. The number of piperazine rings is 1. The Hall–Kier alpha value is -1.73. The lowest BCUT2D eigenvalue weighted by atomic mass is 10.3. The van der Waals surface area contributed by atoms with Crippen molar-refractivity contribution in [1.82, 2.24) is 10.2 Å². The van der Waals surface area contributed by atoms with Gasteiger partial charge in [-0.3, -0.25) is 14.9 Å². The molecule has 0 saturated carbocycles. The fourth-order valence-electron chi connectivity index (χ4n) is 1.67. The summed E-state index contributed by atoms with van der Waals surface area (Å²) in [5, 5.41) is 13.8. The molecule has 2 rings (SSSR count). The van der Waals surface area contributed by atoms with Crippen molar-refractivity contribution in [3.63, 3.8) is 0 Å². The molecule has 0 unspecified atom stereocenters. The van der Waals surface area contributed by atoms with Gasteiger partial charge in [-0.1, -0.05) is 11.3 Å². The Morgan fingerprint density at radius 3 is 2.78 bits per heavy atom. The van der Waals surface area contributed by atoms with Crippen LogP contribution in [-0.2, 0) is 4.79 Å². The number of hydrogen-bond acceptors (Lipinski definition) is 5. The molecule has 6 nitrogen and oxygen atoms in total. The van der Waals surface area contributed by atoms with Gasteiger partial charge in [0.2, 0.25) is 5.91 Å². The van der Waals surface area contributed by atoms with E-state index in [1.54, 1.807) is 17.0 Å². The van der Waals surface area contributed by atoms with Gasteiger partial charge >= 0.3 is 5.00 Å². The Labute approximate surface area is 108 Å². The van der Waals surface area contributed by atoms with Gasteiger partial charge in [-0.2, -0.15) is 0 Å². The van der Waals surface area contributed by atoms with Crippen molar-refractivity contribution in [1.29, 1.82) is 0 Å². The minimum absolute atomic E-state index is 0.0486. The van der Waals surface area contributed by atoms with Crippen LogP contribution < -0.4 is 5.32 Å². The zero-order valence-electron chi connectivity index (χ0n) is 9.67. The Morgan fingerprint density at radius 1 is 1.44 bits per heavy atom. The van der Waals surface area contributed by atoms with Crippen molar-refractivity contribution >= 4 is 28.3 Å². The van der Waals surface area contributed by atoms with Crippen molar-refractivity contribution in [2.24, 2.45) is 0 Å². The predicted molar refractivity (Wildman–Crippen MR) is 69.5 cm³/mol. The number of carbonyl (C=O) groups is 1. The summed E-state index contributed by atoms with van der Waals surface area (Å²) < 4.78 is 0. The highest BCUT2D eigenvalue weighted by molar-refractivity contribution is 7.16. The summed E-state index contributed by atoms with van der Waals surface area (Å²) in [6, 6.07) is 3.09. The van der Waals surface area contributed by atoms with Gasteiger partial charge in [0.25, 0.3) is 0 Å². The van der Waals surface area contributed by atoms with Crippen molar-refractivity contribution < 1.29 is 9.72 Å². The minimum Gasteiger partial charge on any atom is -0.337 e. The van der Waals surface area contributed by atoms with Gasteiger partial charge in [0.1, 0.15) is 0 Å². The molecule has 1 N–H and O–H groups in total. The van der Waals surface area contributed by atoms with Gasteiger partial charge in [0.05, 0.1) is 4.92 Å². The predicted octanol–water partition coefficient (Wildman–Crippen LogP) is 1.10. The summed E-state index contributed by atoms with van der Waals surface area (Å²) in [6.07, 6.45) is 3.10. The van der Waals surface area contributed by atoms with E-state index in [1.807, 2.05) is 0 Å². The van der Waals surface area contributed by atoms with Crippen molar-refractivity contribution in [2.45, 2.75) is 0 Å². The molecule has 0 aromatic carbocycles. The van der Waals surface area contributed by atoms with Crippen molar-refractivity contribution in [2.75, 3.05) is 26.2 Å². The molecule has 1 fully saturated rings. The molecular weight excluding hydrogens is 254 g/mol. The quantitative estimate of drug-likeness (QED) is 0.505. The van der Waals surface area contributed by atoms with Crippen LogP contribution >= 0.6 is 11.3 Å². The van der Waals surface area contributed by atoms with E-state index in [0.29, 0.717) is 18.0 Å². The number of nitrogens with one attached hydrogen (secondary N) is 1. The molecule has 1 saturated heterocycles. The SMILES string of the molecule is O=C(C=Cc1ccc([N+](=O)[O-])s1)N1CCNCC1. The number of amides is 1.